The van der Waals surface area contributed by atoms with E-state index in [1.165, 1.54) is 0 Å². The molecule has 4 heteroatoms. The van der Waals surface area contributed by atoms with Crippen LogP contribution in [0.2, 0.25) is 0 Å². The highest BCUT2D eigenvalue weighted by atomic mass is 16.5. The maximum absolute atomic E-state index is 10.4. The average molecular weight is 174 g/mol. The summed E-state index contributed by atoms with van der Waals surface area (Å²) in [5.74, 6) is -0.945. The summed E-state index contributed by atoms with van der Waals surface area (Å²) in [6, 6.07) is 0. The summed E-state index contributed by atoms with van der Waals surface area (Å²) in [5, 5.41) is 18.3. The van der Waals surface area contributed by atoms with Crippen molar-refractivity contribution in [3.8, 4) is 0 Å². The van der Waals surface area contributed by atoms with Crippen molar-refractivity contribution in [3.63, 3.8) is 0 Å². The summed E-state index contributed by atoms with van der Waals surface area (Å²) in [5.41, 5.74) is -1.04. The Bertz CT molecular complexity index is 158. The van der Waals surface area contributed by atoms with Gasteiger partial charge in [-0.2, -0.15) is 0 Å². The zero-order valence-electron chi connectivity index (χ0n) is 6.95. The van der Waals surface area contributed by atoms with Gasteiger partial charge in [-0.05, 0) is 12.8 Å². The second kappa shape index (κ2) is 3.87. The maximum Gasteiger partial charge on any atom is 0.306 e. The van der Waals surface area contributed by atoms with Crippen LogP contribution in [0.25, 0.3) is 0 Å². The van der Waals surface area contributed by atoms with E-state index >= 15 is 0 Å². The van der Waals surface area contributed by atoms with E-state index in [2.05, 4.69) is 0 Å². The van der Waals surface area contributed by atoms with Gasteiger partial charge >= 0.3 is 5.97 Å². The van der Waals surface area contributed by atoms with Crippen LogP contribution in [0.5, 0.6) is 0 Å². The molecule has 1 aliphatic heterocycles. The quantitative estimate of drug-likeness (QED) is 0.635. The molecule has 0 aliphatic carbocycles. The van der Waals surface area contributed by atoms with E-state index in [0.717, 1.165) is 6.42 Å². The maximum atomic E-state index is 10.4. The monoisotopic (exact) mass is 174 g/mol. The van der Waals surface area contributed by atoms with Gasteiger partial charge in [0.25, 0.3) is 0 Å². The van der Waals surface area contributed by atoms with Gasteiger partial charge in [0, 0.05) is 19.6 Å². The van der Waals surface area contributed by atoms with Crippen LogP contribution in [-0.4, -0.2) is 35.0 Å². The van der Waals surface area contributed by atoms with E-state index in [9.17, 15) is 9.90 Å². The number of rotatable bonds is 2. The van der Waals surface area contributed by atoms with Gasteiger partial charge in [0.05, 0.1) is 12.0 Å². The summed E-state index contributed by atoms with van der Waals surface area (Å²) in [4.78, 5) is 10.4. The number of carbonyl (C=O) groups is 1. The summed E-state index contributed by atoms with van der Waals surface area (Å²) in [6.07, 6.45) is 1.53. The lowest BCUT2D eigenvalue weighted by molar-refractivity contribution is -0.143. The first-order valence-electron chi connectivity index (χ1n) is 4.14. The standard InChI is InChI=1S/C8H14O4/c9-7(10)6-8(11)2-1-4-12-5-3-8/h11H,1-6H2,(H,9,10). The molecular formula is C8H14O4. The molecule has 12 heavy (non-hydrogen) atoms. The number of hydrogen-bond acceptors (Lipinski definition) is 3. The second-order valence-corrected chi connectivity index (χ2v) is 3.26. The second-order valence-electron chi connectivity index (χ2n) is 3.26. The van der Waals surface area contributed by atoms with Crippen LogP contribution >= 0.6 is 0 Å². The molecule has 2 N–H and O–H groups in total. The Labute approximate surface area is 71.2 Å². The van der Waals surface area contributed by atoms with Gasteiger partial charge in [-0.1, -0.05) is 0 Å². The molecule has 1 fully saturated rings. The molecule has 1 saturated heterocycles. The number of ether oxygens (including phenoxy) is 1. The molecule has 0 bridgehead atoms. The van der Waals surface area contributed by atoms with E-state index in [4.69, 9.17) is 9.84 Å². The lowest BCUT2D eigenvalue weighted by atomic mass is 9.91. The average Bonchev–Trinajstić information content (AvgIpc) is 2.12. The smallest absolute Gasteiger partial charge is 0.306 e. The Morgan fingerprint density at radius 2 is 2.17 bits per heavy atom. The van der Waals surface area contributed by atoms with Gasteiger partial charge in [0.15, 0.2) is 0 Å². The van der Waals surface area contributed by atoms with Crippen molar-refractivity contribution in [2.45, 2.75) is 31.3 Å². The van der Waals surface area contributed by atoms with Crippen LogP contribution in [0.15, 0.2) is 0 Å². The van der Waals surface area contributed by atoms with Crippen molar-refractivity contribution >= 4 is 5.97 Å². The van der Waals surface area contributed by atoms with Crippen LogP contribution in [0, 0.1) is 0 Å². The number of carboxylic acids is 1. The van der Waals surface area contributed by atoms with E-state index in [1.54, 1.807) is 0 Å². The van der Waals surface area contributed by atoms with Gasteiger partial charge in [0.2, 0.25) is 0 Å². The van der Waals surface area contributed by atoms with Crippen LogP contribution in [0.1, 0.15) is 25.7 Å². The predicted octanol–water partition coefficient (Wildman–Crippen LogP) is 0.393. The molecule has 0 radical (unpaired) electrons. The molecule has 0 saturated carbocycles. The molecule has 4 nitrogen and oxygen atoms in total. The highest BCUT2D eigenvalue weighted by molar-refractivity contribution is 5.68. The van der Waals surface area contributed by atoms with E-state index in [-0.39, 0.29) is 6.42 Å². The fourth-order valence-electron chi connectivity index (χ4n) is 1.45. The molecule has 0 aromatic heterocycles. The summed E-state index contributed by atoms with van der Waals surface area (Å²) >= 11 is 0. The Hall–Kier alpha value is -0.610. The van der Waals surface area contributed by atoms with Crippen molar-refractivity contribution in [1.29, 1.82) is 0 Å². The number of hydrogen-bond donors (Lipinski definition) is 2. The molecule has 0 amide bonds. The van der Waals surface area contributed by atoms with Gasteiger partial charge in [-0.3, -0.25) is 4.79 Å². The van der Waals surface area contributed by atoms with Gasteiger partial charge in [-0.15, -0.1) is 0 Å². The Kier molecular flexibility index (Phi) is 3.05. The largest absolute Gasteiger partial charge is 0.481 e. The summed E-state index contributed by atoms with van der Waals surface area (Å²) < 4.78 is 5.12. The van der Waals surface area contributed by atoms with Crippen molar-refractivity contribution in [3.05, 3.63) is 0 Å². The number of aliphatic carboxylic acids is 1. The fraction of sp³-hybridized carbons (Fsp3) is 0.875. The first-order valence-corrected chi connectivity index (χ1v) is 4.14. The molecule has 1 aliphatic rings. The molecule has 1 unspecified atom stereocenters. The van der Waals surface area contributed by atoms with Crippen molar-refractivity contribution in [2.75, 3.05) is 13.2 Å². The van der Waals surface area contributed by atoms with Gasteiger partial charge in [0.1, 0.15) is 0 Å². The van der Waals surface area contributed by atoms with Gasteiger partial charge < -0.3 is 14.9 Å². The van der Waals surface area contributed by atoms with Crippen LogP contribution in [0.4, 0.5) is 0 Å². The predicted molar refractivity (Wildman–Crippen MR) is 41.9 cm³/mol. The third-order valence-corrected chi connectivity index (χ3v) is 2.12. The number of aliphatic hydroxyl groups is 1. The lowest BCUT2D eigenvalue weighted by Crippen LogP contribution is -2.31. The van der Waals surface area contributed by atoms with Crippen molar-refractivity contribution < 1.29 is 19.7 Å². The van der Waals surface area contributed by atoms with Crippen molar-refractivity contribution in [2.24, 2.45) is 0 Å². The highest BCUT2D eigenvalue weighted by Gasteiger charge is 2.30. The molecule has 0 aromatic rings. The van der Waals surface area contributed by atoms with Gasteiger partial charge in [-0.25, -0.2) is 0 Å². The van der Waals surface area contributed by atoms with E-state index in [0.29, 0.717) is 26.1 Å². The molecule has 1 rings (SSSR count). The van der Waals surface area contributed by atoms with E-state index in [1.807, 2.05) is 0 Å². The highest BCUT2D eigenvalue weighted by Crippen LogP contribution is 2.24. The molecule has 0 aromatic carbocycles. The molecule has 1 atom stereocenters. The molecule has 70 valence electrons. The third kappa shape index (κ3) is 2.79. The van der Waals surface area contributed by atoms with Crippen LogP contribution in [0.3, 0.4) is 0 Å². The molecule has 1 heterocycles. The number of carboxylic acid groups (broad SMARTS) is 1. The Balaban J connectivity index is 2.48. The van der Waals surface area contributed by atoms with E-state index < -0.39 is 11.6 Å². The minimum atomic E-state index is -1.04. The minimum Gasteiger partial charge on any atom is -0.481 e. The normalized spacial score (nSPS) is 31.1. The zero-order chi connectivity index (χ0) is 9.03. The topological polar surface area (TPSA) is 66.8 Å². The van der Waals surface area contributed by atoms with Crippen LogP contribution in [-0.2, 0) is 9.53 Å². The fourth-order valence-corrected chi connectivity index (χ4v) is 1.45. The van der Waals surface area contributed by atoms with Crippen LogP contribution < -0.4 is 0 Å². The Morgan fingerprint density at radius 1 is 1.42 bits per heavy atom. The summed E-state index contributed by atoms with van der Waals surface area (Å²) in [6.45, 7) is 1.09. The lowest BCUT2D eigenvalue weighted by Gasteiger charge is -2.23. The first kappa shape index (κ1) is 9.48. The first-order chi connectivity index (χ1) is 5.62. The zero-order valence-corrected chi connectivity index (χ0v) is 6.95. The molecule has 0 spiro atoms. The SMILES string of the molecule is O=C(O)CC1(O)CCCOCC1. The Morgan fingerprint density at radius 3 is 2.83 bits per heavy atom. The summed E-state index contributed by atoms with van der Waals surface area (Å²) in [7, 11) is 0. The van der Waals surface area contributed by atoms with Crippen molar-refractivity contribution in [1.82, 2.24) is 0 Å². The minimum absolute atomic E-state index is 0.170. The third-order valence-electron chi connectivity index (χ3n) is 2.12. The molecular weight excluding hydrogens is 160 g/mol.